The number of hydrogen-bond donors (Lipinski definition) is 2. The summed E-state index contributed by atoms with van der Waals surface area (Å²) in [6.45, 7) is 2.25. The number of thiophene rings is 1. The van der Waals surface area contributed by atoms with Gasteiger partial charge in [0.05, 0.1) is 10.4 Å². The lowest BCUT2D eigenvalue weighted by Crippen LogP contribution is -2.30. The summed E-state index contributed by atoms with van der Waals surface area (Å²) in [6.07, 6.45) is 2.05. The highest BCUT2D eigenvalue weighted by molar-refractivity contribution is 9.11. The molecule has 1 saturated heterocycles. The quantitative estimate of drug-likeness (QED) is 0.885. The van der Waals surface area contributed by atoms with Crippen LogP contribution < -0.4 is 5.32 Å². The molecule has 0 amide bonds. The summed E-state index contributed by atoms with van der Waals surface area (Å²) in [6, 6.07) is 2.14. The first-order valence-electron chi connectivity index (χ1n) is 4.79. The van der Waals surface area contributed by atoms with Crippen LogP contribution in [-0.4, -0.2) is 24.8 Å². The Morgan fingerprint density at radius 1 is 1.64 bits per heavy atom. The molecule has 0 bridgehead atoms. The fourth-order valence-corrected chi connectivity index (χ4v) is 3.23. The van der Waals surface area contributed by atoms with Crippen molar-refractivity contribution in [1.29, 1.82) is 0 Å². The van der Waals surface area contributed by atoms with Gasteiger partial charge in [-0.25, -0.2) is 0 Å². The van der Waals surface area contributed by atoms with Crippen molar-refractivity contribution in [2.75, 3.05) is 19.7 Å². The lowest BCUT2D eigenvalue weighted by Gasteiger charge is -2.25. The first-order chi connectivity index (χ1) is 6.76. The van der Waals surface area contributed by atoms with E-state index in [2.05, 4.69) is 32.7 Å². The third-order valence-corrected chi connectivity index (χ3v) is 4.74. The third kappa shape index (κ3) is 2.03. The molecular formula is C10H14BrNOS. The second-order valence-electron chi connectivity index (χ2n) is 3.98. The van der Waals surface area contributed by atoms with Gasteiger partial charge in [0.2, 0.25) is 0 Å². The van der Waals surface area contributed by atoms with Crippen LogP contribution in [0.25, 0.3) is 0 Å². The highest BCUT2D eigenvalue weighted by Gasteiger charge is 2.33. The van der Waals surface area contributed by atoms with Crippen molar-refractivity contribution in [3.8, 4) is 0 Å². The molecule has 0 aromatic carbocycles. The van der Waals surface area contributed by atoms with Gasteiger partial charge in [-0.1, -0.05) is 0 Å². The molecule has 14 heavy (non-hydrogen) atoms. The molecule has 4 heteroatoms. The Kier molecular flexibility index (Phi) is 3.27. The van der Waals surface area contributed by atoms with E-state index in [1.807, 2.05) is 0 Å². The molecule has 0 aliphatic carbocycles. The van der Waals surface area contributed by atoms with Gasteiger partial charge < -0.3 is 10.4 Å². The maximum atomic E-state index is 9.45. The molecule has 1 aromatic rings. The maximum Gasteiger partial charge on any atom is 0.0730 e. The average Bonchev–Trinajstić information content (AvgIpc) is 2.79. The number of nitrogens with one attached hydrogen (secondary N) is 1. The van der Waals surface area contributed by atoms with E-state index in [0.29, 0.717) is 0 Å². The Labute approximate surface area is 96.5 Å². The van der Waals surface area contributed by atoms with Crippen molar-refractivity contribution in [1.82, 2.24) is 5.32 Å². The number of hydrogen-bond acceptors (Lipinski definition) is 3. The predicted molar refractivity (Wildman–Crippen MR) is 62.7 cm³/mol. The molecule has 0 radical (unpaired) electrons. The van der Waals surface area contributed by atoms with Gasteiger partial charge in [0.15, 0.2) is 0 Å². The molecule has 2 N–H and O–H groups in total. The van der Waals surface area contributed by atoms with Crippen molar-refractivity contribution < 1.29 is 5.11 Å². The lowest BCUT2D eigenvalue weighted by molar-refractivity contribution is 0.143. The number of aliphatic hydroxyl groups is 1. The van der Waals surface area contributed by atoms with Crippen molar-refractivity contribution in [2.45, 2.75) is 12.8 Å². The third-order valence-electron chi connectivity index (χ3n) is 2.93. The number of rotatable bonds is 3. The summed E-state index contributed by atoms with van der Waals surface area (Å²) in [5.41, 5.74) is 1.40. The molecule has 2 nitrogen and oxygen atoms in total. The second-order valence-corrected chi connectivity index (χ2v) is 6.22. The van der Waals surface area contributed by atoms with Crippen LogP contribution in [0.2, 0.25) is 0 Å². The Hall–Kier alpha value is 0.1000. The van der Waals surface area contributed by atoms with E-state index in [1.165, 1.54) is 9.35 Å². The van der Waals surface area contributed by atoms with Gasteiger partial charge in [-0.3, -0.25) is 0 Å². The van der Waals surface area contributed by atoms with Gasteiger partial charge in [0.25, 0.3) is 0 Å². The van der Waals surface area contributed by atoms with Gasteiger partial charge in [-0.05, 0) is 52.3 Å². The molecule has 1 aromatic heterocycles. The highest BCUT2D eigenvalue weighted by atomic mass is 79.9. The summed E-state index contributed by atoms with van der Waals surface area (Å²) in [4.78, 5) is 0. The fraction of sp³-hybridized carbons (Fsp3) is 0.600. The van der Waals surface area contributed by atoms with Crippen molar-refractivity contribution in [2.24, 2.45) is 5.41 Å². The monoisotopic (exact) mass is 275 g/mol. The molecule has 2 rings (SSSR count). The van der Waals surface area contributed by atoms with Crippen LogP contribution in [0, 0.1) is 5.41 Å². The van der Waals surface area contributed by atoms with E-state index in [4.69, 9.17) is 0 Å². The molecule has 2 heterocycles. The van der Waals surface area contributed by atoms with Crippen LogP contribution in [0.5, 0.6) is 0 Å². The maximum absolute atomic E-state index is 9.45. The number of halogens is 1. The SMILES string of the molecule is OCC1(Cc2ccsc2Br)CCNC1. The molecule has 1 atom stereocenters. The minimum absolute atomic E-state index is 0.0730. The summed E-state index contributed by atoms with van der Waals surface area (Å²) >= 11 is 5.25. The van der Waals surface area contributed by atoms with Crippen LogP contribution >= 0.6 is 27.3 Å². The largest absolute Gasteiger partial charge is 0.396 e. The van der Waals surface area contributed by atoms with E-state index in [9.17, 15) is 5.11 Å². The van der Waals surface area contributed by atoms with Crippen molar-refractivity contribution in [3.63, 3.8) is 0 Å². The minimum atomic E-state index is 0.0730. The molecule has 1 aliphatic rings. The highest BCUT2D eigenvalue weighted by Crippen LogP contribution is 2.34. The van der Waals surface area contributed by atoms with Gasteiger partial charge in [0, 0.05) is 12.0 Å². The Bertz CT molecular complexity index is 307. The smallest absolute Gasteiger partial charge is 0.0730 e. The average molecular weight is 276 g/mol. The molecule has 1 fully saturated rings. The van der Waals surface area contributed by atoms with E-state index in [-0.39, 0.29) is 12.0 Å². The molecule has 0 saturated carbocycles. The number of aliphatic hydroxyl groups excluding tert-OH is 1. The lowest BCUT2D eigenvalue weighted by atomic mass is 9.82. The van der Waals surface area contributed by atoms with Crippen molar-refractivity contribution in [3.05, 3.63) is 20.8 Å². The van der Waals surface area contributed by atoms with Crippen LogP contribution in [0.1, 0.15) is 12.0 Å². The summed E-state index contributed by atoms with van der Waals surface area (Å²) < 4.78 is 1.21. The summed E-state index contributed by atoms with van der Waals surface area (Å²) in [5.74, 6) is 0. The van der Waals surface area contributed by atoms with Gasteiger partial charge >= 0.3 is 0 Å². The molecule has 1 aliphatic heterocycles. The normalized spacial score (nSPS) is 27.0. The van der Waals surface area contributed by atoms with Crippen LogP contribution in [0.4, 0.5) is 0 Å². The summed E-state index contributed by atoms with van der Waals surface area (Å²) in [5, 5.41) is 14.9. The second kappa shape index (κ2) is 4.31. The standard InChI is InChI=1S/C10H14BrNOS/c11-9-8(1-4-14-9)5-10(7-13)2-3-12-6-10/h1,4,12-13H,2-3,5-7H2. The first-order valence-corrected chi connectivity index (χ1v) is 6.46. The summed E-state index contributed by atoms with van der Waals surface area (Å²) in [7, 11) is 0. The van der Waals surface area contributed by atoms with Gasteiger partial charge in [0.1, 0.15) is 0 Å². The van der Waals surface area contributed by atoms with E-state index >= 15 is 0 Å². The zero-order chi connectivity index (χ0) is 10.0. The Morgan fingerprint density at radius 2 is 2.50 bits per heavy atom. The van der Waals surface area contributed by atoms with Crippen LogP contribution in [0.15, 0.2) is 15.2 Å². The zero-order valence-corrected chi connectivity index (χ0v) is 10.3. The van der Waals surface area contributed by atoms with Gasteiger partial charge in [-0.2, -0.15) is 0 Å². The predicted octanol–water partition coefficient (Wildman–Crippen LogP) is 2.03. The molecule has 0 spiro atoms. The fourth-order valence-electron chi connectivity index (χ4n) is 1.99. The van der Waals surface area contributed by atoms with Crippen molar-refractivity contribution >= 4 is 27.3 Å². The topological polar surface area (TPSA) is 32.3 Å². The van der Waals surface area contributed by atoms with Crippen LogP contribution in [0.3, 0.4) is 0 Å². The van der Waals surface area contributed by atoms with E-state index in [1.54, 1.807) is 11.3 Å². The van der Waals surface area contributed by atoms with Gasteiger partial charge in [-0.15, -0.1) is 11.3 Å². The van der Waals surface area contributed by atoms with Crippen LogP contribution in [-0.2, 0) is 6.42 Å². The molecule has 1 unspecified atom stereocenters. The Balaban J connectivity index is 2.12. The minimum Gasteiger partial charge on any atom is -0.396 e. The molecular weight excluding hydrogens is 262 g/mol. The van der Waals surface area contributed by atoms with E-state index in [0.717, 1.165) is 25.9 Å². The molecule has 78 valence electrons. The Morgan fingerprint density at radius 3 is 3.00 bits per heavy atom. The van der Waals surface area contributed by atoms with E-state index < -0.39 is 0 Å². The first kappa shape index (κ1) is 10.6. The zero-order valence-electron chi connectivity index (χ0n) is 7.92.